The number of benzene rings is 1. The van der Waals surface area contributed by atoms with Crippen molar-refractivity contribution in [1.29, 1.82) is 0 Å². The first-order chi connectivity index (χ1) is 12.1. The lowest BCUT2D eigenvalue weighted by Crippen LogP contribution is -2.24. The highest BCUT2D eigenvalue weighted by Gasteiger charge is 2.09. The Morgan fingerprint density at radius 1 is 1.16 bits per heavy atom. The summed E-state index contributed by atoms with van der Waals surface area (Å²) < 4.78 is 25.2. The summed E-state index contributed by atoms with van der Waals surface area (Å²) >= 11 is 0. The van der Waals surface area contributed by atoms with Gasteiger partial charge in [-0.25, -0.2) is 9.37 Å². The van der Waals surface area contributed by atoms with Crippen molar-refractivity contribution < 1.29 is 18.7 Å². The zero-order chi connectivity index (χ0) is 17.8. The van der Waals surface area contributed by atoms with Crippen LogP contribution in [-0.2, 0) is 17.8 Å². The van der Waals surface area contributed by atoms with E-state index in [1.807, 2.05) is 6.07 Å². The minimum Gasteiger partial charge on any atom is -0.493 e. The number of hydrogen-bond donors (Lipinski definition) is 1. The number of nitrogens with one attached hydrogen (secondary N) is 1. The van der Waals surface area contributed by atoms with E-state index in [0.29, 0.717) is 22.8 Å². The second-order valence-corrected chi connectivity index (χ2v) is 5.49. The van der Waals surface area contributed by atoms with Crippen molar-refractivity contribution in [3.8, 4) is 11.5 Å². The van der Waals surface area contributed by atoms with Gasteiger partial charge in [0.2, 0.25) is 5.91 Å². The number of carbonyl (C=O) groups is 1. The molecule has 0 aliphatic heterocycles. The molecular formula is C18H18FN3O3. The first kappa shape index (κ1) is 16.8. The molecule has 1 aromatic carbocycles. The summed E-state index contributed by atoms with van der Waals surface area (Å²) in [5.41, 5.74) is 2.10. The third kappa shape index (κ3) is 3.88. The standard InChI is InChI=1S/C18H18FN3O3/c1-24-15-5-3-12(7-16(15)25-2)8-18(23)20-9-14-11-22-10-13(19)4-6-17(22)21-14/h3-7,10-11H,8-9H2,1-2H3,(H,20,23). The number of halogens is 1. The highest BCUT2D eigenvalue weighted by molar-refractivity contribution is 5.78. The zero-order valence-corrected chi connectivity index (χ0v) is 14.0. The summed E-state index contributed by atoms with van der Waals surface area (Å²) in [6.45, 7) is 0.273. The molecule has 0 radical (unpaired) electrons. The van der Waals surface area contributed by atoms with Gasteiger partial charge in [-0.1, -0.05) is 6.07 Å². The Kier molecular flexibility index (Phi) is 4.83. The number of pyridine rings is 1. The van der Waals surface area contributed by atoms with Gasteiger partial charge in [0.05, 0.1) is 32.9 Å². The number of ether oxygens (including phenoxy) is 2. The van der Waals surface area contributed by atoms with Crippen LogP contribution >= 0.6 is 0 Å². The van der Waals surface area contributed by atoms with Crippen molar-refractivity contribution in [2.45, 2.75) is 13.0 Å². The fourth-order valence-corrected chi connectivity index (χ4v) is 2.53. The lowest BCUT2D eigenvalue weighted by atomic mass is 10.1. The van der Waals surface area contributed by atoms with E-state index in [4.69, 9.17) is 9.47 Å². The van der Waals surface area contributed by atoms with Gasteiger partial charge in [-0.05, 0) is 29.8 Å². The van der Waals surface area contributed by atoms with Gasteiger partial charge in [0.15, 0.2) is 11.5 Å². The van der Waals surface area contributed by atoms with E-state index in [0.717, 1.165) is 5.56 Å². The predicted octanol–water partition coefficient (Wildman–Crippen LogP) is 2.35. The third-order valence-electron chi connectivity index (χ3n) is 3.74. The van der Waals surface area contributed by atoms with Crippen LogP contribution in [0, 0.1) is 5.82 Å². The molecule has 25 heavy (non-hydrogen) atoms. The largest absolute Gasteiger partial charge is 0.493 e. The van der Waals surface area contributed by atoms with E-state index in [9.17, 15) is 9.18 Å². The molecule has 0 bridgehead atoms. The lowest BCUT2D eigenvalue weighted by molar-refractivity contribution is -0.120. The Labute approximate surface area is 144 Å². The number of methoxy groups -OCH3 is 2. The molecule has 6 nitrogen and oxygen atoms in total. The van der Waals surface area contributed by atoms with Gasteiger partial charge >= 0.3 is 0 Å². The number of carbonyl (C=O) groups excluding carboxylic acids is 1. The predicted molar refractivity (Wildman–Crippen MR) is 90.2 cm³/mol. The fraction of sp³-hybridized carbons (Fsp3) is 0.222. The molecule has 0 saturated heterocycles. The minimum atomic E-state index is -0.339. The Balaban J connectivity index is 1.62. The highest BCUT2D eigenvalue weighted by Crippen LogP contribution is 2.27. The number of rotatable bonds is 6. The number of hydrogen-bond acceptors (Lipinski definition) is 4. The topological polar surface area (TPSA) is 64.9 Å². The number of aromatic nitrogens is 2. The molecule has 3 rings (SSSR count). The number of nitrogens with zero attached hydrogens (tertiary/aromatic N) is 2. The Morgan fingerprint density at radius 3 is 2.72 bits per heavy atom. The molecule has 0 fully saturated rings. The fourth-order valence-electron chi connectivity index (χ4n) is 2.53. The van der Waals surface area contributed by atoms with E-state index in [2.05, 4.69) is 10.3 Å². The van der Waals surface area contributed by atoms with Crippen LogP contribution in [0.15, 0.2) is 42.7 Å². The summed E-state index contributed by atoms with van der Waals surface area (Å²) in [7, 11) is 3.11. The van der Waals surface area contributed by atoms with Crippen LogP contribution in [0.4, 0.5) is 4.39 Å². The molecule has 1 amide bonds. The summed E-state index contributed by atoms with van der Waals surface area (Å²) in [4.78, 5) is 16.5. The maximum atomic E-state index is 13.2. The number of amides is 1. The van der Waals surface area contributed by atoms with Crippen LogP contribution < -0.4 is 14.8 Å². The Bertz CT molecular complexity index is 908. The zero-order valence-electron chi connectivity index (χ0n) is 14.0. The van der Waals surface area contributed by atoms with Crippen LogP contribution in [0.2, 0.25) is 0 Å². The molecule has 2 heterocycles. The summed E-state index contributed by atoms with van der Waals surface area (Å²) in [5.74, 6) is 0.711. The molecule has 0 atom stereocenters. The van der Waals surface area contributed by atoms with Gasteiger partial charge < -0.3 is 19.2 Å². The van der Waals surface area contributed by atoms with Crippen LogP contribution in [0.3, 0.4) is 0 Å². The molecule has 3 aromatic rings. The van der Waals surface area contributed by atoms with Crippen molar-refractivity contribution in [3.05, 3.63) is 59.8 Å². The molecule has 0 saturated carbocycles. The SMILES string of the molecule is COc1ccc(CC(=O)NCc2cn3cc(F)ccc3n2)cc1OC. The van der Waals surface area contributed by atoms with Crippen LogP contribution in [0.25, 0.3) is 5.65 Å². The van der Waals surface area contributed by atoms with Crippen molar-refractivity contribution in [2.24, 2.45) is 0 Å². The van der Waals surface area contributed by atoms with Crippen LogP contribution in [0.5, 0.6) is 11.5 Å². The smallest absolute Gasteiger partial charge is 0.224 e. The number of fused-ring (bicyclic) bond motifs is 1. The third-order valence-corrected chi connectivity index (χ3v) is 3.74. The maximum Gasteiger partial charge on any atom is 0.224 e. The summed E-state index contributed by atoms with van der Waals surface area (Å²) in [6.07, 6.45) is 3.24. The van der Waals surface area contributed by atoms with Gasteiger partial charge in [-0.15, -0.1) is 0 Å². The first-order valence-corrected chi connectivity index (χ1v) is 7.70. The second kappa shape index (κ2) is 7.21. The average Bonchev–Trinajstić information content (AvgIpc) is 3.01. The van der Waals surface area contributed by atoms with E-state index < -0.39 is 0 Å². The van der Waals surface area contributed by atoms with Crippen molar-refractivity contribution in [2.75, 3.05) is 14.2 Å². The molecule has 0 spiro atoms. The lowest BCUT2D eigenvalue weighted by Gasteiger charge is -2.09. The van der Waals surface area contributed by atoms with Gasteiger partial charge in [-0.3, -0.25) is 4.79 Å². The van der Waals surface area contributed by atoms with Gasteiger partial charge in [0.25, 0.3) is 0 Å². The quantitative estimate of drug-likeness (QED) is 0.746. The summed E-state index contributed by atoms with van der Waals surface area (Å²) in [6, 6.07) is 8.28. The average molecular weight is 343 g/mol. The van der Waals surface area contributed by atoms with E-state index >= 15 is 0 Å². The van der Waals surface area contributed by atoms with E-state index in [-0.39, 0.29) is 24.7 Å². The molecule has 2 aromatic heterocycles. The molecule has 0 aliphatic rings. The van der Waals surface area contributed by atoms with Crippen LogP contribution in [-0.4, -0.2) is 29.5 Å². The van der Waals surface area contributed by atoms with Gasteiger partial charge in [-0.2, -0.15) is 0 Å². The van der Waals surface area contributed by atoms with Gasteiger partial charge in [0.1, 0.15) is 11.5 Å². The second-order valence-electron chi connectivity index (χ2n) is 5.49. The van der Waals surface area contributed by atoms with Crippen LogP contribution in [0.1, 0.15) is 11.3 Å². The molecule has 7 heteroatoms. The highest BCUT2D eigenvalue weighted by atomic mass is 19.1. The van der Waals surface area contributed by atoms with Crippen molar-refractivity contribution in [1.82, 2.24) is 14.7 Å². The minimum absolute atomic E-state index is 0.143. The molecule has 0 aliphatic carbocycles. The molecule has 1 N–H and O–H groups in total. The maximum absolute atomic E-state index is 13.2. The monoisotopic (exact) mass is 343 g/mol. The first-order valence-electron chi connectivity index (χ1n) is 7.70. The Hall–Kier alpha value is -3.09. The van der Waals surface area contributed by atoms with E-state index in [1.165, 1.54) is 12.3 Å². The molecule has 0 unspecified atom stereocenters. The van der Waals surface area contributed by atoms with Crippen molar-refractivity contribution in [3.63, 3.8) is 0 Å². The summed E-state index contributed by atoms with van der Waals surface area (Å²) in [5, 5.41) is 2.81. The molecular weight excluding hydrogens is 325 g/mol. The Morgan fingerprint density at radius 2 is 1.96 bits per heavy atom. The van der Waals surface area contributed by atoms with Crippen molar-refractivity contribution >= 4 is 11.6 Å². The van der Waals surface area contributed by atoms with E-state index in [1.54, 1.807) is 43.0 Å². The van der Waals surface area contributed by atoms with Gasteiger partial charge in [0, 0.05) is 12.4 Å². The molecule has 130 valence electrons. The number of imidazole rings is 1. The normalized spacial score (nSPS) is 10.7.